The minimum Gasteiger partial charge on any atom is -0.477 e. The second-order valence-electron chi connectivity index (χ2n) is 2.81. The molecular formula is C9H7N3O2S2. The van der Waals surface area contributed by atoms with E-state index in [1.165, 1.54) is 35.8 Å². The van der Waals surface area contributed by atoms with Crippen LogP contribution in [0.1, 0.15) is 16.1 Å². The third kappa shape index (κ3) is 2.56. The van der Waals surface area contributed by atoms with Crippen LogP contribution in [0.25, 0.3) is 0 Å². The number of pyridine rings is 1. The monoisotopic (exact) mass is 253 g/mol. The fraction of sp³-hybridized carbons (Fsp3) is 0.111. The highest BCUT2D eigenvalue weighted by atomic mass is 32.2. The molecule has 16 heavy (non-hydrogen) atoms. The van der Waals surface area contributed by atoms with Gasteiger partial charge in [-0.25, -0.2) is 14.8 Å². The summed E-state index contributed by atoms with van der Waals surface area (Å²) in [5.74, 6) is -0.474. The predicted octanol–water partition coefficient (Wildman–Crippen LogP) is 1.92. The van der Waals surface area contributed by atoms with E-state index in [4.69, 9.17) is 5.11 Å². The molecule has 0 aliphatic heterocycles. The molecule has 0 atom stereocenters. The fourth-order valence-electron chi connectivity index (χ4n) is 1.11. The highest BCUT2D eigenvalue weighted by Gasteiger charge is 2.11. The number of aromatic nitrogens is 3. The first-order valence-electron chi connectivity index (χ1n) is 4.34. The van der Waals surface area contributed by atoms with Gasteiger partial charge in [0.25, 0.3) is 0 Å². The van der Waals surface area contributed by atoms with Gasteiger partial charge in [0.1, 0.15) is 6.33 Å². The quantitative estimate of drug-likeness (QED) is 0.839. The molecule has 0 unspecified atom stereocenters. The van der Waals surface area contributed by atoms with Gasteiger partial charge >= 0.3 is 5.97 Å². The van der Waals surface area contributed by atoms with Crippen molar-refractivity contribution in [2.24, 2.45) is 0 Å². The summed E-state index contributed by atoms with van der Waals surface area (Å²) < 4.78 is 4.69. The Morgan fingerprint density at radius 1 is 1.50 bits per heavy atom. The Morgan fingerprint density at radius 3 is 3.06 bits per heavy atom. The number of thioether (sulfide) groups is 1. The van der Waals surface area contributed by atoms with Crippen LogP contribution in [0, 0.1) is 0 Å². The van der Waals surface area contributed by atoms with Crippen molar-refractivity contribution < 1.29 is 9.90 Å². The zero-order chi connectivity index (χ0) is 11.4. The van der Waals surface area contributed by atoms with E-state index in [0.29, 0.717) is 11.3 Å². The van der Waals surface area contributed by atoms with Gasteiger partial charge in [-0.05, 0) is 23.2 Å². The number of nitrogens with zero attached hydrogens (tertiary/aromatic N) is 3. The number of hydrogen-bond donors (Lipinski definition) is 1. The highest BCUT2D eigenvalue weighted by molar-refractivity contribution is 8.00. The number of carboxylic acids is 1. The molecule has 82 valence electrons. The van der Waals surface area contributed by atoms with Crippen LogP contribution >= 0.6 is 23.3 Å². The first-order chi connectivity index (χ1) is 7.77. The lowest BCUT2D eigenvalue weighted by Gasteiger charge is -2.02. The molecule has 0 bridgehead atoms. The van der Waals surface area contributed by atoms with Gasteiger partial charge in [0.2, 0.25) is 0 Å². The smallest absolute Gasteiger partial charge is 0.354 e. The van der Waals surface area contributed by atoms with Crippen LogP contribution in [-0.2, 0) is 5.75 Å². The summed E-state index contributed by atoms with van der Waals surface area (Å²) in [6, 6.07) is 3.48. The molecule has 1 N–H and O–H groups in total. The van der Waals surface area contributed by atoms with E-state index in [-0.39, 0.29) is 5.69 Å². The molecule has 0 fully saturated rings. The number of carboxylic acid groups (broad SMARTS) is 1. The summed E-state index contributed by atoms with van der Waals surface area (Å²) in [5.41, 5.74) is 0.787. The van der Waals surface area contributed by atoms with Gasteiger partial charge in [-0.1, -0.05) is 17.8 Å². The molecule has 0 spiro atoms. The van der Waals surface area contributed by atoms with Gasteiger partial charge < -0.3 is 5.11 Å². The van der Waals surface area contributed by atoms with Crippen LogP contribution in [-0.4, -0.2) is 25.4 Å². The Kier molecular flexibility index (Phi) is 3.47. The van der Waals surface area contributed by atoms with Crippen LogP contribution in [0.2, 0.25) is 0 Å². The number of hydrogen-bond acceptors (Lipinski definition) is 6. The van der Waals surface area contributed by atoms with Crippen molar-refractivity contribution in [1.82, 2.24) is 14.3 Å². The van der Waals surface area contributed by atoms with E-state index in [0.717, 1.165) is 4.34 Å². The molecule has 0 radical (unpaired) electrons. The molecule has 5 nitrogen and oxygen atoms in total. The van der Waals surface area contributed by atoms with Crippen molar-refractivity contribution in [2.75, 3.05) is 0 Å². The molecule has 2 rings (SSSR count). The molecule has 2 heterocycles. The molecule has 0 aliphatic carbocycles. The zero-order valence-corrected chi connectivity index (χ0v) is 9.66. The topological polar surface area (TPSA) is 76.0 Å². The standard InChI is InChI=1S/C9H7N3O2S2/c13-8(14)7-6(2-1-3-10-7)4-15-9-11-5-12-16-9/h1-3,5H,4H2,(H,13,14). The average molecular weight is 253 g/mol. The Bertz CT molecular complexity index is 487. The second-order valence-corrected chi connectivity index (χ2v) is 4.81. The van der Waals surface area contributed by atoms with Crippen molar-refractivity contribution in [3.8, 4) is 0 Å². The van der Waals surface area contributed by atoms with Crippen LogP contribution in [0.4, 0.5) is 0 Å². The predicted molar refractivity (Wildman–Crippen MR) is 60.7 cm³/mol. The SMILES string of the molecule is O=C(O)c1ncccc1CSc1ncns1. The molecule has 0 aliphatic rings. The van der Waals surface area contributed by atoms with Crippen molar-refractivity contribution in [3.63, 3.8) is 0 Å². The zero-order valence-electron chi connectivity index (χ0n) is 8.03. The Labute approximate surface area is 99.7 Å². The van der Waals surface area contributed by atoms with E-state index in [2.05, 4.69) is 14.3 Å². The van der Waals surface area contributed by atoms with Gasteiger partial charge in [-0.3, -0.25) is 0 Å². The van der Waals surface area contributed by atoms with Crippen molar-refractivity contribution in [1.29, 1.82) is 0 Å². The third-order valence-electron chi connectivity index (χ3n) is 1.79. The minimum atomic E-state index is -1.01. The molecule has 2 aromatic rings. The summed E-state index contributed by atoms with van der Waals surface area (Å²) in [6.45, 7) is 0. The fourth-order valence-corrected chi connectivity index (χ4v) is 2.54. The average Bonchev–Trinajstić information content (AvgIpc) is 2.79. The lowest BCUT2D eigenvalue weighted by atomic mass is 10.2. The maximum Gasteiger partial charge on any atom is 0.354 e. The van der Waals surface area contributed by atoms with Crippen molar-refractivity contribution in [3.05, 3.63) is 35.9 Å². The van der Waals surface area contributed by atoms with E-state index >= 15 is 0 Å². The molecule has 0 aromatic carbocycles. The Hall–Kier alpha value is -1.47. The second kappa shape index (κ2) is 5.04. The van der Waals surface area contributed by atoms with Gasteiger partial charge in [0.15, 0.2) is 10.0 Å². The van der Waals surface area contributed by atoms with Crippen LogP contribution in [0.15, 0.2) is 29.0 Å². The molecule has 0 saturated heterocycles. The highest BCUT2D eigenvalue weighted by Crippen LogP contribution is 2.24. The maximum atomic E-state index is 10.9. The maximum absolute atomic E-state index is 10.9. The van der Waals surface area contributed by atoms with Crippen molar-refractivity contribution >= 4 is 29.3 Å². The Balaban J connectivity index is 2.12. The molecule has 0 amide bonds. The lowest BCUT2D eigenvalue weighted by Crippen LogP contribution is -2.04. The summed E-state index contributed by atoms with van der Waals surface area (Å²) >= 11 is 2.74. The van der Waals surface area contributed by atoms with Crippen LogP contribution in [0.5, 0.6) is 0 Å². The molecule has 2 aromatic heterocycles. The normalized spacial score (nSPS) is 10.2. The Morgan fingerprint density at radius 2 is 2.38 bits per heavy atom. The van der Waals surface area contributed by atoms with Crippen LogP contribution < -0.4 is 0 Å². The van der Waals surface area contributed by atoms with Gasteiger partial charge in [0.05, 0.1) is 0 Å². The van der Waals surface area contributed by atoms with Gasteiger partial charge in [-0.15, -0.1) is 0 Å². The number of aromatic carboxylic acids is 1. The molecule has 7 heteroatoms. The summed E-state index contributed by atoms with van der Waals surface area (Å²) in [6.07, 6.45) is 2.96. The molecule has 0 saturated carbocycles. The lowest BCUT2D eigenvalue weighted by molar-refractivity contribution is 0.0689. The third-order valence-corrected chi connectivity index (χ3v) is 3.63. The van der Waals surface area contributed by atoms with Gasteiger partial charge in [-0.2, -0.15) is 4.37 Å². The minimum absolute atomic E-state index is 0.0968. The van der Waals surface area contributed by atoms with E-state index < -0.39 is 5.97 Å². The first kappa shape index (κ1) is 11.0. The number of rotatable bonds is 4. The van der Waals surface area contributed by atoms with Crippen molar-refractivity contribution in [2.45, 2.75) is 10.1 Å². The largest absolute Gasteiger partial charge is 0.477 e. The van der Waals surface area contributed by atoms with Crippen LogP contribution in [0.3, 0.4) is 0 Å². The summed E-state index contributed by atoms with van der Waals surface area (Å²) in [7, 11) is 0. The van der Waals surface area contributed by atoms with E-state index in [9.17, 15) is 4.79 Å². The van der Waals surface area contributed by atoms with E-state index in [1.54, 1.807) is 12.1 Å². The van der Waals surface area contributed by atoms with E-state index in [1.807, 2.05) is 0 Å². The molecular weight excluding hydrogens is 246 g/mol. The first-order valence-corrected chi connectivity index (χ1v) is 6.10. The number of carbonyl (C=O) groups is 1. The summed E-state index contributed by atoms with van der Waals surface area (Å²) in [4.78, 5) is 18.7. The summed E-state index contributed by atoms with van der Waals surface area (Å²) in [5, 5.41) is 8.93. The van der Waals surface area contributed by atoms with Gasteiger partial charge in [0, 0.05) is 11.9 Å².